The maximum atomic E-state index is 12.6. The van der Waals surface area contributed by atoms with Crippen LogP contribution in [0.2, 0.25) is 0 Å². The molecule has 1 fully saturated rings. The van der Waals surface area contributed by atoms with E-state index in [0.29, 0.717) is 37.2 Å². The zero-order valence-corrected chi connectivity index (χ0v) is 19.1. The van der Waals surface area contributed by atoms with Gasteiger partial charge in [0.2, 0.25) is 11.8 Å². The van der Waals surface area contributed by atoms with Crippen molar-refractivity contribution in [3.8, 4) is 5.88 Å². The number of rotatable bonds is 5. The van der Waals surface area contributed by atoms with Crippen LogP contribution in [0, 0.1) is 12.8 Å². The first-order valence-electron chi connectivity index (χ1n) is 11.0. The van der Waals surface area contributed by atoms with E-state index in [0.717, 1.165) is 24.2 Å². The van der Waals surface area contributed by atoms with Gasteiger partial charge in [-0.3, -0.25) is 9.59 Å². The van der Waals surface area contributed by atoms with E-state index in [1.54, 1.807) is 22.4 Å². The molecule has 1 aliphatic rings. The number of nitrogens with zero attached hydrogens (tertiary/aromatic N) is 6. The van der Waals surface area contributed by atoms with E-state index in [2.05, 4.69) is 36.0 Å². The topological polar surface area (TPSA) is 94.6 Å². The number of aryl methyl sites for hydroxylation is 1. The summed E-state index contributed by atoms with van der Waals surface area (Å²) in [6.45, 7) is 10.0. The lowest BCUT2D eigenvalue weighted by molar-refractivity contribution is -0.133. The van der Waals surface area contributed by atoms with Crippen LogP contribution in [0.25, 0.3) is 5.65 Å². The summed E-state index contributed by atoms with van der Waals surface area (Å²) in [6.07, 6.45) is 3.65. The van der Waals surface area contributed by atoms with Gasteiger partial charge in [0, 0.05) is 30.6 Å². The lowest BCUT2D eigenvalue weighted by Crippen LogP contribution is -2.42. The van der Waals surface area contributed by atoms with E-state index < -0.39 is 0 Å². The highest BCUT2D eigenvalue weighted by atomic mass is 16.5. The Hall–Kier alpha value is -3.23. The van der Waals surface area contributed by atoms with Crippen LogP contribution in [0.3, 0.4) is 0 Å². The maximum absolute atomic E-state index is 12.6. The van der Waals surface area contributed by atoms with Gasteiger partial charge < -0.3 is 9.64 Å². The second-order valence-electron chi connectivity index (χ2n) is 9.46. The molecule has 4 heterocycles. The fourth-order valence-corrected chi connectivity index (χ4v) is 3.75. The largest absolute Gasteiger partial charge is 0.476 e. The summed E-state index contributed by atoms with van der Waals surface area (Å²) < 4.78 is 8.94. The lowest BCUT2D eigenvalue weighted by Gasteiger charge is -2.31. The summed E-state index contributed by atoms with van der Waals surface area (Å²) in [4.78, 5) is 30.9. The van der Waals surface area contributed by atoms with Crippen LogP contribution in [0.1, 0.15) is 45.0 Å². The fourth-order valence-electron chi connectivity index (χ4n) is 3.75. The van der Waals surface area contributed by atoms with Crippen molar-refractivity contribution in [2.45, 2.75) is 52.5 Å². The number of carbonyl (C=O) groups is 1. The van der Waals surface area contributed by atoms with Gasteiger partial charge in [0.1, 0.15) is 6.54 Å². The molecule has 1 aliphatic heterocycles. The Kier molecular flexibility index (Phi) is 5.99. The van der Waals surface area contributed by atoms with Gasteiger partial charge >= 0.3 is 0 Å². The molecule has 1 amide bonds. The number of likely N-dealkylation sites (tertiary alicyclic amines) is 1. The highest BCUT2D eigenvalue weighted by molar-refractivity contribution is 5.75. The Morgan fingerprint density at radius 3 is 2.59 bits per heavy atom. The van der Waals surface area contributed by atoms with Crippen LogP contribution in [0.5, 0.6) is 5.88 Å². The van der Waals surface area contributed by atoms with Crippen molar-refractivity contribution in [2.75, 3.05) is 19.7 Å². The minimum atomic E-state index is -0.260. The predicted molar refractivity (Wildman–Crippen MR) is 120 cm³/mol. The molecule has 1 saturated heterocycles. The Labute approximate surface area is 187 Å². The minimum absolute atomic E-state index is 0.0208. The monoisotopic (exact) mass is 438 g/mol. The van der Waals surface area contributed by atoms with Crippen LogP contribution in [0.4, 0.5) is 0 Å². The van der Waals surface area contributed by atoms with Crippen LogP contribution in [-0.2, 0) is 16.8 Å². The summed E-state index contributed by atoms with van der Waals surface area (Å²) in [5, 5.41) is 8.67. The van der Waals surface area contributed by atoms with Gasteiger partial charge in [-0.2, -0.15) is 5.10 Å². The van der Waals surface area contributed by atoms with Crippen molar-refractivity contribution >= 4 is 11.6 Å². The van der Waals surface area contributed by atoms with Gasteiger partial charge in [-0.05, 0) is 37.8 Å². The van der Waals surface area contributed by atoms with Gasteiger partial charge in [0.15, 0.2) is 5.65 Å². The Balaban J connectivity index is 1.29. The zero-order chi connectivity index (χ0) is 22.9. The number of ether oxygens (including phenoxy) is 1. The van der Waals surface area contributed by atoms with E-state index in [4.69, 9.17) is 4.74 Å². The van der Waals surface area contributed by atoms with Crippen molar-refractivity contribution in [2.24, 2.45) is 5.92 Å². The number of aromatic nitrogens is 5. The molecule has 0 unspecified atom stereocenters. The van der Waals surface area contributed by atoms with E-state index >= 15 is 0 Å². The molecule has 0 radical (unpaired) electrons. The number of amides is 1. The summed E-state index contributed by atoms with van der Waals surface area (Å²) in [6, 6.07) is 6.86. The molecule has 4 rings (SSSR count). The van der Waals surface area contributed by atoms with Gasteiger partial charge in [-0.25, -0.2) is 14.2 Å². The van der Waals surface area contributed by atoms with Crippen molar-refractivity contribution in [3.63, 3.8) is 0 Å². The first-order chi connectivity index (χ1) is 15.2. The molecular weight excluding hydrogens is 408 g/mol. The minimum Gasteiger partial charge on any atom is -0.476 e. The fraction of sp³-hybridized carbons (Fsp3) is 0.522. The molecule has 0 saturated carbocycles. The molecule has 0 bridgehead atoms. The number of piperidine rings is 1. The van der Waals surface area contributed by atoms with E-state index in [1.165, 1.54) is 10.7 Å². The Morgan fingerprint density at radius 1 is 1.12 bits per heavy atom. The quantitative estimate of drug-likeness (QED) is 0.606. The van der Waals surface area contributed by atoms with Gasteiger partial charge in [-0.1, -0.05) is 20.8 Å². The van der Waals surface area contributed by atoms with Crippen molar-refractivity contribution in [1.29, 1.82) is 0 Å². The molecule has 0 N–H and O–H groups in total. The van der Waals surface area contributed by atoms with E-state index in [-0.39, 0.29) is 23.4 Å². The molecule has 0 atom stereocenters. The molecule has 9 heteroatoms. The van der Waals surface area contributed by atoms with E-state index in [9.17, 15) is 9.59 Å². The molecule has 0 aliphatic carbocycles. The van der Waals surface area contributed by atoms with Gasteiger partial charge in [0.25, 0.3) is 5.56 Å². The van der Waals surface area contributed by atoms with Crippen LogP contribution < -0.4 is 10.3 Å². The first-order valence-corrected chi connectivity index (χ1v) is 11.0. The number of hydrogen-bond donors (Lipinski definition) is 0. The van der Waals surface area contributed by atoms with Crippen LogP contribution >= 0.6 is 0 Å². The molecule has 3 aromatic heterocycles. The van der Waals surface area contributed by atoms with Gasteiger partial charge in [-0.15, -0.1) is 5.10 Å². The average Bonchev–Trinajstić information content (AvgIpc) is 3.19. The van der Waals surface area contributed by atoms with Crippen LogP contribution in [0.15, 0.2) is 35.3 Å². The predicted octanol–water partition coefficient (Wildman–Crippen LogP) is 2.21. The zero-order valence-electron chi connectivity index (χ0n) is 19.1. The van der Waals surface area contributed by atoms with Crippen molar-refractivity contribution < 1.29 is 9.53 Å². The number of carbonyl (C=O) groups excluding carboxylic acids is 1. The SMILES string of the molecule is Cc1ccc(=O)n(CC(=O)N2CCC(COc3ccc4nc(C(C)(C)C)cn4n3)CC2)n1. The molecule has 9 nitrogen and oxygen atoms in total. The summed E-state index contributed by atoms with van der Waals surface area (Å²) >= 11 is 0. The first kappa shape index (κ1) is 22.0. The molecule has 0 aromatic carbocycles. The molecule has 0 spiro atoms. The van der Waals surface area contributed by atoms with Crippen molar-refractivity contribution in [3.05, 3.63) is 52.2 Å². The number of fused-ring (bicyclic) bond motifs is 1. The summed E-state index contributed by atoms with van der Waals surface area (Å²) in [5.41, 5.74) is 2.21. The standard InChI is InChI=1S/C23H30N6O3/c1-16-5-8-21(30)29(25-16)14-22(31)27-11-9-17(10-12-27)15-32-20-7-6-19-24-18(23(2,3)4)13-28(19)26-20/h5-8,13,17H,9-12,14-15H2,1-4H3. The highest BCUT2D eigenvalue weighted by Gasteiger charge is 2.24. The number of imidazole rings is 1. The van der Waals surface area contributed by atoms with Gasteiger partial charge in [0.05, 0.1) is 24.2 Å². The van der Waals surface area contributed by atoms with Crippen molar-refractivity contribution in [1.82, 2.24) is 29.3 Å². The maximum Gasteiger partial charge on any atom is 0.267 e. The highest BCUT2D eigenvalue weighted by Crippen LogP contribution is 2.23. The summed E-state index contributed by atoms with van der Waals surface area (Å²) in [7, 11) is 0. The third-order valence-corrected chi connectivity index (χ3v) is 5.78. The molecule has 3 aromatic rings. The van der Waals surface area contributed by atoms with E-state index in [1.807, 2.05) is 18.3 Å². The number of hydrogen-bond acceptors (Lipinski definition) is 6. The smallest absolute Gasteiger partial charge is 0.267 e. The lowest BCUT2D eigenvalue weighted by atomic mass is 9.93. The summed E-state index contributed by atoms with van der Waals surface area (Å²) in [5.74, 6) is 0.842. The molecule has 32 heavy (non-hydrogen) atoms. The average molecular weight is 439 g/mol. The second-order valence-corrected chi connectivity index (χ2v) is 9.46. The second kappa shape index (κ2) is 8.72. The third kappa shape index (κ3) is 4.98. The molecular formula is C23H30N6O3. The third-order valence-electron chi connectivity index (χ3n) is 5.78. The normalized spacial score (nSPS) is 15.3. The van der Waals surface area contributed by atoms with Crippen LogP contribution in [-0.4, -0.2) is 54.9 Å². The Morgan fingerprint density at radius 2 is 1.88 bits per heavy atom. The Bertz CT molecular complexity index is 1170. The molecule has 170 valence electrons.